The number of unbranched alkanes of at least 4 members (excludes halogenated alkanes) is 5. The molecule has 0 radical (unpaired) electrons. The van der Waals surface area contributed by atoms with Crippen LogP contribution in [-0.4, -0.2) is 5.91 Å². The number of amides is 1. The predicted octanol–water partition coefficient (Wildman–Crippen LogP) is 4.98. The fourth-order valence-electron chi connectivity index (χ4n) is 1.84. The first-order valence-electron chi connectivity index (χ1n) is 6.78. The maximum atomic E-state index is 11.7. The van der Waals surface area contributed by atoms with Crippen molar-refractivity contribution >= 4 is 34.2 Å². The highest BCUT2D eigenvalue weighted by atomic mass is 127. The molecule has 0 heterocycles. The summed E-state index contributed by atoms with van der Waals surface area (Å²) in [5, 5.41) is 2.97. The highest BCUT2D eigenvalue weighted by molar-refractivity contribution is 14.1. The van der Waals surface area contributed by atoms with Crippen LogP contribution in [0.15, 0.2) is 24.3 Å². The fraction of sp³-hybridized carbons (Fsp3) is 0.533. The molecule has 0 saturated heterocycles. The van der Waals surface area contributed by atoms with E-state index in [4.69, 9.17) is 0 Å². The minimum atomic E-state index is 0.134. The molecule has 0 unspecified atom stereocenters. The third-order valence-electron chi connectivity index (χ3n) is 2.91. The summed E-state index contributed by atoms with van der Waals surface area (Å²) in [5.74, 6) is 0.134. The zero-order valence-electron chi connectivity index (χ0n) is 11.0. The molecule has 0 fully saturated rings. The molecule has 1 N–H and O–H groups in total. The number of carbonyl (C=O) groups is 1. The molecular weight excluding hydrogens is 337 g/mol. The first-order valence-corrected chi connectivity index (χ1v) is 7.86. The number of halogens is 1. The molecule has 100 valence electrons. The SMILES string of the molecule is CCCCCCCCC(=O)Nc1ccccc1I. The van der Waals surface area contributed by atoms with Crippen molar-refractivity contribution in [3.8, 4) is 0 Å². The van der Waals surface area contributed by atoms with Crippen LogP contribution >= 0.6 is 22.6 Å². The Labute approximate surface area is 124 Å². The quantitative estimate of drug-likeness (QED) is 0.515. The van der Waals surface area contributed by atoms with Gasteiger partial charge in [-0.3, -0.25) is 4.79 Å². The largest absolute Gasteiger partial charge is 0.325 e. The average Bonchev–Trinajstić information content (AvgIpc) is 2.36. The second-order valence-corrected chi connectivity index (χ2v) is 5.71. The van der Waals surface area contributed by atoms with E-state index in [1.165, 1.54) is 32.1 Å². The van der Waals surface area contributed by atoms with Crippen molar-refractivity contribution < 1.29 is 4.79 Å². The first kappa shape index (κ1) is 15.5. The molecule has 2 nitrogen and oxygen atoms in total. The minimum Gasteiger partial charge on any atom is -0.325 e. The Bertz CT molecular complexity index is 365. The number of hydrogen-bond donors (Lipinski definition) is 1. The van der Waals surface area contributed by atoms with Gasteiger partial charge in [0.15, 0.2) is 0 Å². The van der Waals surface area contributed by atoms with Gasteiger partial charge in [-0.2, -0.15) is 0 Å². The molecule has 0 aliphatic heterocycles. The minimum absolute atomic E-state index is 0.134. The monoisotopic (exact) mass is 359 g/mol. The van der Waals surface area contributed by atoms with Gasteiger partial charge in [0.05, 0.1) is 5.69 Å². The van der Waals surface area contributed by atoms with Crippen molar-refractivity contribution in [3.63, 3.8) is 0 Å². The molecule has 0 spiro atoms. The molecule has 0 atom stereocenters. The molecule has 0 saturated carbocycles. The van der Waals surface area contributed by atoms with Gasteiger partial charge in [0.2, 0.25) is 5.91 Å². The summed E-state index contributed by atoms with van der Waals surface area (Å²) in [7, 11) is 0. The number of hydrogen-bond acceptors (Lipinski definition) is 1. The van der Waals surface area contributed by atoms with Crippen molar-refractivity contribution in [2.24, 2.45) is 0 Å². The lowest BCUT2D eigenvalue weighted by molar-refractivity contribution is -0.116. The molecule has 18 heavy (non-hydrogen) atoms. The molecule has 0 aromatic heterocycles. The van der Waals surface area contributed by atoms with Crippen LogP contribution < -0.4 is 5.32 Å². The lowest BCUT2D eigenvalue weighted by atomic mass is 10.1. The number of benzene rings is 1. The molecule has 1 amide bonds. The summed E-state index contributed by atoms with van der Waals surface area (Å²) < 4.78 is 1.09. The van der Waals surface area contributed by atoms with Crippen molar-refractivity contribution in [3.05, 3.63) is 27.8 Å². The van der Waals surface area contributed by atoms with Gasteiger partial charge in [0.25, 0.3) is 0 Å². The molecule has 0 bridgehead atoms. The Morgan fingerprint density at radius 3 is 2.50 bits per heavy atom. The summed E-state index contributed by atoms with van der Waals surface area (Å²) in [6.45, 7) is 2.22. The Morgan fingerprint density at radius 1 is 1.11 bits per heavy atom. The molecule has 1 aromatic rings. The van der Waals surface area contributed by atoms with E-state index in [9.17, 15) is 4.79 Å². The number of carbonyl (C=O) groups excluding carboxylic acids is 1. The van der Waals surface area contributed by atoms with Crippen LogP contribution in [0.2, 0.25) is 0 Å². The number of para-hydroxylation sites is 1. The maximum Gasteiger partial charge on any atom is 0.224 e. The normalized spacial score (nSPS) is 10.3. The van der Waals surface area contributed by atoms with Crippen molar-refractivity contribution in [1.29, 1.82) is 0 Å². The second kappa shape index (κ2) is 9.36. The van der Waals surface area contributed by atoms with Gasteiger partial charge in [0.1, 0.15) is 0 Å². The van der Waals surface area contributed by atoms with Gasteiger partial charge < -0.3 is 5.32 Å². The van der Waals surface area contributed by atoms with Gasteiger partial charge >= 0.3 is 0 Å². The van der Waals surface area contributed by atoms with E-state index in [0.717, 1.165) is 15.7 Å². The first-order chi connectivity index (χ1) is 8.74. The third kappa shape index (κ3) is 6.38. The summed E-state index contributed by atoms with van der Waals surface area (Å²) in [4.78, 5) is 11.7. The molecule has 0 aliphatic carbocycles. The van der Waals surface area contributed by atoms with Gasteiger partial charge in [-0.1, -0.05) is 51.2 Å². The molecule has 1 aromatic carbocycles. The van der Waals surface area contributed by atoms with E-state index in [2.05, 4.69) is 34.8 Å². The Kier molecular flexibility index (Phi) is 8.05. The van der Waals surface area contributed by atoms with Crippen LogP contribution in [-0.2, 0) is 4.79 Å². The second-order valence-electron chi connectivity index (χ2n) is 4.55. The summed E-state index contributed by atoms with van der Waals surface area (Å²) >= 11 is 2.24. The van der Waals surface area contributed by atoms with Crippen LogP contribution in [0.25, 0.3) is 0 Å². The third-order valence-corrected chi connectivity index (χ3v) is 3.85. The van der Waals surface area contributed by atoms with Gasteiger partial charge in [-0.15, -0.1) is 0 Å². The summed E-state index contributed by atoms with van der Waals surface area (Å²) in [5.41, 5.74) is 0.925. The zero-order valence-corrected chi connectivity index (χ0v) is 13.2. The standard InChI is InChI=1S/C15H22INO/c1-2-3-4-5-6-7-12-15(18)17-14-11-9-8-10-13(14)16/h8-11H,2-7,12H2,1H3,(H,17,18). The average molecular weight is 359 g/mol. The van der Waals surface area contributed by atoms with Crippen LogP contribution in [0.3, 0.4) is 0 Å². The summed E-state index contributed by atoms with van der Waals surface area (Å²) in [6, 6.07) is 7.87. The summed E-state index contributed by atoms with van der Waals surface area (Å²) in [6.07, 6.45) is 7.94. The lowest BCUT2D eigenvalue weighted by Crippen LogP contribution is -2.11. The van der Waals surface area contributed by atoms with Crippen molar-refractivity contribution in [2.45, 2.75) is 51.9 Å². The maximum absolute atomic E-state index is 11.7. The number of nitrogens with one attached hydrogen (secondary N) is 1. The van der Waals surface area contributed by atoms with E-state index in [1.54, 1.807) is 0 Å². The van der Waals surface area contributed by atoms with Crippen LogP contribution in [0.5, 0.6) is 0 Å². The Hall–Kier alpha value is -0.580. The van der Waals surface area contributed by atoms with Gasteiger partial charge in [0, 0.05) is 9.99 Å². The highest BCUT2D eigenvalue weighted by Crippen LogP contribution is 2.17. The van der Waals surface area contributed by atoms with E-state index in [1.807, 2.05) is 24.3 Å². The predicted molar refractivity (Wildman–Crippen MR) is 85.8 cm³/mol. The van der Waals surface area contributed by atoms with Crippen LogP contribution in [0.1, 0.15) is 51.9 Å². The molecule has 0 aliphatic rings. The van der Waals surface area contributed by atoms with Crippen molar-refractivity contribution in [2.75, 3.05) is 5.32 Å². The van der Waals surface area contributed by atoms with Crippen LogP contribution in [0, 0.1) is 3.57 Å². The molecular formula is C15H22INO. The smallest absolute Gasteiger partial charge is 0.224 e. The Balaban J connectivity index is 2.16. The topological polar surface area (TPSA) is 29.1 Å². The van der Waals surface area contributed by atoms with E-state index >= 15 is 0 Å². The van der Waals surface area contributed by atoms with E-state index < -0.39 is 0 Å². The molecule has 3 heteroatoms. The molecule has 1 rings (SSSR count). The zero-order chi connectivity index (χ0) is 13.2. The van der Waals surface area contributed by atoms with E-state index in [0.29, 0.717) is 6.42 Å². The lowest BCUT2D eigenvalue weighted by Gasteiger charge is -2.07. The fourth-order valence-corrected chi connectivity index (χ4v) is 2.36. The number of rotatable bonds is 8. The van der Waals surface area contributed by atoms with Crippen molar-refractivity contribution in [1.82, 2.24) is 0 Å². The van der Waals surface area contributed by atoms with Gasteiger partial charge in [-0.05, 0) is 41.1 Å². The number of anilines is 1. The van der Waals surface area contributed by atoms with Crippen LogP contribution in [0.4, 0.5) is 5.69 Å². The Morgan fingerprint density at radius 2 is 1.78 bits per heavy atom. The van der Waals surface area contributed by atoms with E-state index in [-0.39, 0.29) is 5.91 Å². The van der Waals surface area contributed by atoms with Gasteiger partial charge in [-0.25, -0.2) is 0 Å². The highest BCUT2D eigenvalue weighted by Gasteiger charge is 2.04.